The lowest BCUT2D eigenvalue weighted by molar-refractivity contribution is 0.340. The maximum Gasteiger partial charge on any atom is 0.216 e. The predicted octanol–water partition coefficient (Wildman–Crippen LogP) is 3.90. The monoisotopic (exact) mass is 354 g/mol. The molecule has 0 unspecified atom stereocenters. The van der Waals surface area contributed by atoms with Crippen molar-refractivity contribution >= 4 is 18.4 Å². The van der Waals surface area contributed by atoms with Gasteiger partial charge in [0.05, 0.1) is 19.9 Å². The zero-order valence-electron chi connectivity index (χ0n) is 14.0. The molecule has 6 nitrogen and oxygen atoms in total. The van der Waals surface area contributed by atoms with Gasteiger partial charge in [-0.05, 0) is 43.4 Å². The third-order valence-electron chi connectivity index (χ3n) is 3.50. The summed E-state index contributed by atoms with van der Waals surface area (Å²) in [6.45, 7) is 2.54. The first-order valence-corrected chi connectivity index (χ1v) is 8.21. The van der Waals surface area contributed by atoms with Crippen LogP contribution in [0.5, 0.6) is 11.5 Å². The number of hydrogen-bond acceptors (Lipinski definition) is 5. The quantitative estimate of drug-likeness (QED) is 0.539. The van der Waals surface area contributed by atoms with Crippen molar-refractivity contribution in [2.24, 2.45) is 5.10 Å². The van der Waals surface area contributed by atoms with Gasteiger partial charge in [-0.3, -0.25) is 0 Å². The Kier molecular flexibility index (Phi) is 5.25. The lowest BCUT2D eigenvalue weighted by Crippen LogP contribution is -1.97. The fraction of sp³-hybridized carbons (Fsp3) is 0.167. The number of H-pyrrole nitrogens is 1. The van der Waals surface area contributed by atoms with Crippen LogP contribution in [0.15, 0.2) is 53.6 Å². The van der Waals surface area contributed by atoms with Crippen LogP contribution in [-0.2, 0) is 0 Å². The third kappa shape index (κ3) is 3.77. The number of methoxy groups -OCH3 is 1. The summed E-state index contributed by atoms with van der Waals surface area (Å²) in [5, 5.41) is 11.5. The van der Waals surface area contributed by atoms with Crippen LogP contribution in [0.4, 0.5) is 0 Å². The molecule has 0 fully saturated rings. The predicted molar refractivity (Wildman–Crippen MR) is 100 cm³/mol. The minimum atomic E-state index is 0.406. The molecule has 128 valence electrons. The zero-order chi connectivity index (χ0) is 17.6. The second-order valence-electron chi connectivity index (χ2n) is 5.11. The first-order chi connectivity index (χ1) is 12.2. The third-order valence-corrected chi connectivity index (χ3v) is 3.77. The fourth-order valence-electron chi connectivity index (χ4n) is 2.37. The maximum atomic E-state index is 5.55. The first kappa shape index (κ1) is 16.9. The van der Waals surface area contributed by atoms with E-state index in [1.165, 1.54) is 0 Å². The van der Waals surface area contributed by atoms with Crippen molar-refractivity contribution in [3.05, 3.63) is 58.9 Å². The summed E-state index contributed by atoms with van der Waals surface area (Å²) in [7, 11) is 1.63. The van der Waals surface area contributed by atoms with Gasteiger partial charge in [0.1, 0.15) is 11.5 Å². The molecule has 1 aromatic heterocycles. The molecule has 0 aliphatic carbocycles. The van der Waals surface area contributed by atoms with E-state index in [0.29, 0.717) is 17.2 Å². The molecule has 0 aliphatic rings. The van der Waals surface area contributed by atoms with E-state index in [1.807, 2.05) is 55.5 Å². The van der Waals surface area contributed by atoms with E-state index in [-0.39, 0.29) is 0 Å². The Morgan fingerprint density at radius 1 is 1.24 bits per heavy atom. The average Bonchev–Trinajstić information content (AvgIpc) is 3.01. The van der Waals surface area contributed by atoms with E-state index in [9.17, 15) is 0 Å². The molecule has 0 radical (unpaired) electrons. The van der Waals surface area contributed by atoms with Crippen LogP contribution in [0.25, 0.3) is 11.4 Å². The second-order valence-corrected chi connectivity index (χ2v) is 5.50. The van der Waals surface area contributed by atoms with Crippen LogP contribution in [0.1, 0.15) is 12.5 Å². The number of benzene rings is 2. The normalized spacial score (nSPS) is 11.0. The zero-order valence-corrected chi connectivity index (χ0v) is 14.8. The summed E-state index contributed by atoms with van der Waals surface area (Å²) >= 11 is 5.30. The number of nitrogens with zero attached hydrogens (tertiary/aromatic N) is 3. The summed E-state index contributed by atoms with van der Waals surface area (Å²) in [6.07, 6.45) is 1.69. The molecular weight excluding hydrogens is 336 g/mol. The lowest BCUT2D eigenvalue weighted by Gasteiger charge is -2.06. The van der Waals surface area contributed by atoms with Crippen molar-refractivity contribution in [3.8, 4) is 22.9 Å². The van der Waals surface area contributed by atoms with Gasteiger partial charge in [-0.15, -0.1) is 0 Å². The van der Waals surface area contributed by atoms with Gasteiger partial charge < -0.3 is 9.47 Å². The molecule has 0 saturated heterocycles. The van der Waals surface area contributed by atoms with Crippen molar-refractivity contribution in [1.82, 2.24) is 14.9 Å². The Morgan fingerprint density at radius 2 is 2.08 bits per heavy atom. The van der Waals surface area contributed by atoms with Crippen molar-refractivity contribution in [2.45, 2.75) is 6.92 Å². The van der Waals surface area contributed by atoms with Crippen molar-refractivity contribution in [3.63, 3.8) is 0 Å². The highest BCUT2D eigenvalue weighted by Crippen LogP contribution is 2.23. The molecule has 0 bridgehead atoms. The van der Waals surface area contributed by atoms with Gasteiger partial charge in [-0.25, -0.2) is 5.10 Å². The Bertz CT molecular complexity index is 946. The van der Waals surface area contributed by atoms with E-state index < -0.39 is 0 Å². The number of nitrogens with one attached hydrogen (secondary N) is 1. The largest absolute Gasteiger partial charge is 0.496 e. The number of para-hydroxylation sites is 1. The molecular formula is C18H18N4O2S. The van der Waals surface area contributed by atoms with E-state index in [2.05, 4.69) is 15.3 Å². The molecule has 25 heavy (non-hydrogen) atoms. The Hall–Kier alpha value is -2.93. The topological polar surface area (TPSA) is 64.4 Å². The number of rotatable bonds is 6. The van der Waals surface area contributed by atoms with Gasteiger partial charge in [0.25, 0.3) is 0 Å². The lowest BCUT2D eigenvalue weighted by atomic mass is 10.2. The number of ether oxygens (including phenoxy) is 2. The fourth-order valence-corrected chi connectivity index (χ4v) is 2.55. The number of hydrogen-bond donors (Lipinski definition) is 1. The minimum absolute atomic E-state index is 0.406. The molecule has 1 N–H and O–H groups in total. The standard InChI is InChI=1S/C18H18N4O2S/c1-3-24-15-9-6-8-13(11-15)17-20-21-18(25)22(17)19-12-14-7-4-5-10-16(14)23-2/h4-12H,3H2,1-2H3,(H,21,25)/b19-12-. The van der Waals surface area contributed by atoms with Crippen LogP contribution < -0.4 is 9.47 Å². The summed E-state index contributed by atoms with van der Waals surface area (Å²) in [6, 6.07) is 15.3. The molecule has 0 spiro atoms. The maximum absolute atomic E-state index is 5.55. The number of aromatic nitrogens is 3. The number of aromatic amines is 1. The average molecular weight is 354 g/mol. The van der Waals surface area contributed by atoms with Gasteiger partial charge in [-0.2, -0.15) is 14.9 Å². The van der Waals surface area contributed by atoms with Gasteiger partial charge in [0, 0.05) is 11.1 Å². The SMILES string of the molecule is CCOc1cccc(-c2n[nH]c(=S)n2/N=C\c2ccccc2OC)c1. The van der Waals surface area contributed by atoms with Crippen LogP contribution >= 0.6 is 12.2 Å². The van der Waals surface area contributed by atoms with Crippen molar-refractivity contribution < 1.29 is 9.47 Å². The molecule has 0 saturated carbocycles. The van der Waals surface area contributed by atoms with Gasteiger partial charge in [-0.1, -0.05) is 24.3 Å². The molecule has 0 amide bonds. The minimum Gasteiger partial charge on any atom is -0.496 e. The second kappa shape index (κ2) is 7.76. The van der Waals surface area contributed by atoms with Crippen LogP contribution in [0.2, 0.25) is 0 Å². The summed E-state index contributed by atoms with van der Waals surface area (Å²) in [5.74, 6) is 2.12. The van der Waals surface area contributed by atoms with Gasteiger partial charge in [0.15, 0.2) is 5.82 Å². The van der Waals surface area contributed by atoms with Gasteiger partial charge >= 0.3 is 0 Å². The van der Waals surface area contributed by atoms with Crippen LogP contribution in [-0.4, -0.2) is 34.8 Å². The Balaban J connectivity index is 1.99. The van der Waals surface area contributed by atoms with Crippen LogP contribution in [0, 0.1) is 4.77 Å². The van der Waals surface area contributed by atoms with Crippen molar-refractivity contribution in [2.75, 3.05) is 13.7 Å². The summed E-state index contributed by atoms with van der Waals surface area (Å²) in [5.41, 5.74) is 1.71. The highest BCUT2D eigenvalue weighted by Gasteiger charge is 2.09. The molecule has 3 aromatic rings. The first-order valence-electron chi connectivity index (χ1n) is 7.81. The van der Waals surface area contributed by atoms with E-state index >= 15 is 0 Å². The molecule has 1 heterocycles. The highest BCUT2D eigenvalue weighted by atomic mass is 32.1. The van der Waals surface area contributed by atoms with Crippen molar-refractivity contribution in [1.29, 1.82) is 0 Å². The van der Waals surface area contributed by atoms with Crippen LogP contribution in [0.3, 0.4) is 0 Å². The van der Waals surface area contributed by atoms with E-state index in [0.717, 1.165) is 22.6 Å². The molecule has 2 aromatic carbocycles. The molecule has 3 rings (SSSR count). The Morgan fingerprint density at radius 3 is 2.88 bits per heavy atom. The molecule has 0 aliphatic heterocycles. The van der Waals surface area contributed by atoms with E-state index in [1.54, 1.807) is 18.0 Å². The van der Waals surface area contributed by atoms with Gasteiger partial charge in [0.2, 0.25) is 4.77 Å². The molecule has 0 atom stereocenters. The summed E-state index contributed by atoms with van der Waals surface area (Å²) < 4.78 is 12.9. The Labute approximate surface area is 150 Å². The summed E-state index contributed by atoms with van der Waals surface area (Å²) in [4.78, 5) is 0. The van der Waals surface area contributed by atoms with E-state index in [4.69, 9.17) is 21.7 Å². The highest BCUT2D eigenvalue weighted by molar-refractivity contribution is 7.71. The smallest absolute Gasteiger partial charge is 0.216 e. The molecule has 7 heteroatoms.